The lowest BCUT2D eigenvalue weighted by Gasteiger charge is -2.28. The standard InChI is InChI=1S/C13H19ClN2O/c1-9-3-2-4-11-12(14)15-13(16(9)11)10-5-7-17-8-6-10/h9-10H,2-8H2,1H3. The average Bonchev–Trinajstić information content (AvgIpc) is 2.70. The van der Waals surface area contributed by atoms with E-state index < -0.39 is 0 Å². The van der Waals surface area contributed by atoms with Gasteiger partial charge in [0.2, 0.25) is 0 Å². The lowest BCUT2D eigenvalue weighted by molar-refractivity contribution is 0.0822. The topological polar surface area (TPSA) is 27.1 Å². The molecule has 3 rings (SSSR count). The summed E-state index contributed by atoms with van der Waals surface area (Å²) < 4.78 is 7.83. The van der Waals surface area contributed by atoms with Gasteiger partial charge in [-0.15, -0.1) is 0 Å². The zero-order chi connectivity index (χ0) is 11.8. The first-order valence-corrected chi connectivity index (χ1v) is 6.99. The van der Waals surface area contributed by atoms with Gasteiger partial charge in [-0.05, 0) is 39.0 Å². The molecule has 0 aromatic carbocycles. The third kappa shape index (κ3) is 2.00. The minimum absolute atomic E-state index is 0.538. The number of hydrogen-bond donors (Lipinski definition) is 0. The summed E-state index contributed by atoms with van der Waals surface area (Å²) in [5.74, 6) is 1.75. The van der Waals surface area contributed by atoms with E-state index >= 15 is 0 Å². The Morgan fingerprint density at radius 3 is 2.82 bits per heavy atom. The molecule has 1 aromatic heterocycles. The van der Waals surface area contributed by atoms with Crippen molar-refractivity contribution in [3.8, 4) is 0 Å². The highest BCUT2D eigenvalue weighted by Gasteiger charge is 2.28. The molecule has 17 heavy (non-hydrogen) atoms. The molecule has 0 bridgehead atoms. The maximum atomic E-state index is 6.28. The second kappa shape index (κ2) is 4.62. The van der Waals surface area contributed by atoms with E-state index in [1.165, 1.54) is 24.4 Å². The van der Waals surface area contributed by atoms with Gasteiger partial charge in [0, 0.05) is 25.2 Å². The molecule has 2 aliphatic rings. The Kier molecular flexibility index (Phi) is 3.14. The van der Waals surface area contributed by atoms with Crippen molar-refractivity contribution in [3.05, 3.63) is 16.7 Å². The quantitative estimate of drug-likeness (QED) is 0.769. The number of rotatable bonds is 1. The van der Waals surface area contributed by atoms with Crippen LogP contribution in [0.25, 0.3) is 0 Å². The summed E-state index contributed by atoms with van der Waals surface area (Å²) in [6, 6.07) is 0.552. The molecule has 2 aliphatic heterocycles. The lowest BCUT2D eigenvalue weighted by atomic mass is 9.97. The summed E-state index contributed by atoms with van der Waals surface area (Å²) >= 11 is 6.28. The highest BCUT2D eigenvalue weighted by molar-refractivity contribution is 6.30. The van der Waals surface area contributed by atoms with Crippen LogP contribution in [0.15, 0.2) is 0 Å². The number of ether oxygens (including phenoxy) is 1. The normalized spacial score (nSPS) is 25.9. The van der Waals surface area contributed by atoms with Crippen molar-refractivity contribution in [1.82, 2.24) is 9.55 Å². The Bertz CT molecular complexity index is 410. The number of aromatic nitrogens is 2. The van der Waals surface area contributed by atoms with Crippen LogP contribution in [0.3, 0.4) is 0 Å². The largest absolute Gasteiger partial charge is 0.381 e. The average molecular weight is 255 g/mol. The Morgan fingerprint density at radius 1 is 1.29 bits per heavy atom. The van der Waals surface area contributed by atoms with Gasteiger partial charge in [0.1, 0.15) is 5.82 Å². The van der Waals surface area contributed by atoms with Gasteiger partial charge in [0.15, 0.2) is 5.15 Å². The molecular weight excluding hydrogens is 236 g/mol. The number of nitrogens with zero attached hydrogens (tertiary/aromatic N) is 2. The van der Waals surface area contributed by atoms with Gasteiger partial charge >= 0.3 is 0 Å². The molecule has 1 atom stereocenters. The van der Waals surface area contributed by atoms with Crippen molar-refractivity contribution in [2.45, 2.75) is 51.0 Å². The molecule has 1 saturated heterocycles. The molecule has 1 unspecified atom stereocenters. The van der Waals surface area contributed by atoms with Crippen molar-refractivity contribution >= 4 is 11.6 Å². The van der Waals surface area contributed by atoms with Crippen LogP contribution in [-0.2, 0) is 11.2 Å². The van der Waals surface area contributed by atoms with Gasteiger partial charge < -0.3 is 9.30 Å². The van der Waals surface area contributed by atoms with Crippen LogP contribution in [0, 0.1) is 0 Å². The van der Waals surface area contributed by atoms with E-state index in [0.29, 0.717) is 12.0 Å². The second-order valence-electron chi connectivity index (χ2n) is 5.21. The molecule has 0 amide bonds. The summed E-state index contributed by atoms with van der Waals surface area (Å²) in [6.45, 7) is 4.00. The van der Waals surface area contributed by atoms with E-state index in [1.54, 1.807) is 0 Å². The molecule has 3 nitrogen and oxygen atoms in total. The van der Waals surface area contributed by atoms with Crippen molar-refractivity contribution in [2.75, 3.05) is 13.2 Å². The van der Waals surface area contributed by atoms with E-state index in [4.69, 9.17) is 16.3 Å². The van der Waals surface area contributed by atoms with Crippen molar-refractivity contribution in [3.63, 3.8) is 0 Å². The van der Waals surface area contributed by atoms with Gasteiger partial charge in [-0.3, -0.25) is 0 Å². The molecular formula is C13H19ClN2O. The predicted octanol–water partition coefficient (Wildman–Crippen LogP) is 3.33. The monoisotopic (exact) mass is 254 g/mol. The van der Waals surface area contributed by atoms with Gasteiger partial charge in [-0.2, -0.15) is 0 Å². The van der Waals surface area contributed by atoms with Gasteiger partial charge in [0.25, 0.3) is 0 Å². The van der Waals surface area contributed by atoms with Gasteiger partial charge in [0.05, 0.1) is 5.69 Å². The zero-order valence-electron chi connectivity index (χ0n) is 10.3. The first-order chi connectivity index (χ1) is 8.27. The summed E-state index contributed by atoms with van der Waals surface area (Å²) in [5, 5.41) is 0.734. The van der Waals surface area contributed by atoms with E-state index in [0.717, 1.165) is 37.6 Å². The number of halogens is 1. The first-order valence-electron chi connectivity index (χ1n) is 6.61. The predicted molar refractivity (Wildman–Crippen MR) is 67.7 cm³/mol. The molecule has 0 aliphatic carbocycles. The molecule has 0 radical (unpaired) electrons. The SMILES string of the molecule is CC1CCCc2c(Cl)nc(C3CCOCC3)n21. The van der Waals surface area contributed by atoms with Crippen molar-refractivity contribution in [1.29, 1.82) is 0 Å². The fourth-order valence-corrected chi connectivity index (χ4v) is 3.38. The van der Waals surface area contributed by atoms with Crippen LogP contribution in [0.2, 0.25) is 5.15 Å². The Hall–Kier alpha value is -0.540. The van der Waals surface area contributed by atoms with Crippen LogP contribution in [0.1, 0.15) is 56.1 Å². The van der Waals surface area contributed by atoms with Crippen LogP contribution >= 0.6 is 11.6 Å². The summed E-state index contributed by atoms with van der Waals surface area (Å²) in [7, 11) is 0. The molecule has 1 fully saturated rings. The maximum absolute atomic E-state index is 6.28. The van der Waals surface area contributed by atoms with Crippen molar-refractivity contribution in [2.24, 2.45) is 0 Å². The summed E-state index contributed by atoms with van der Waals surface area (Å²) in [5.41, 5.74) is 1.26. The minimum atomic E-state index is 0.538. The highest BCUT2D eigenvalue weighted by atomic mass is 35.5. The molecule has 0 spiro atoms. The fourth-order valence-electron chi connectivity index (χ4n) is 3.11. The van der Waals surface area contributed by atoms with E-state index in [2.05, 4.69) is 16.5 Å². The maximum Gasteiger partial charge on any atom is 0.150 e. The second-order valence-corrected chi connectivity index (χ2v) is 5.56. The molecule has 0 saturated carbocycles. The summed E-state index contributed by atoms with van der Waals surface area (Å²) in [6.07, 6.45) is 5.73. The minimum Gasteiger partial charge on any atom is -0.381 e. The molecule has 94 valence electrons. The van der Waals surface area contributed by atoms with Gasteiger partial charge in [-0.25, -0.2) is 4.98 Å². The number of fused-ring (bicyclic) bond motifs is 1. The fraction of sp³-hybridized carbons (Fsp3) is 0.769. The van der Waals surface area contributed by atoms with Crippen LogP contribution < -0.4 is 0 Å². The molecule has 3 heterocycles. The summed E-state index contributed by atoms with van der Waals surface area (Å²) in [4.78, 5) is 4.64. The Balaban J connectivity index is 1.98. The molecule has 0 N–H and O–H groups in total. The highest BCUT2D eigenvalue weighted by Crippen LogP contribution is 2.36. The Labute approximate surface area is 107 Å². The van der Waals surface area contributed by atoms with E-state index in [9.17, 15) is 0 Å². The third-order valence-corrected chi connectivity index (χ3v) is 4.35. The van der Waals surface area contributed by atoms with E-state index in [1.807, 2.05) is 0 Å². The third-order valence-electron chi connectivity index (χ3n) is 4.05. The zero-order valence-corrected chi connectivity index (χ0v) is 11.0. The van der Waals surface area contributed by atoms with Crippen LogP contribution in [-0.4, -0.2) is 22.8 Å². The smallest absolute Gasteiger partial charge is 0.150 e. The van der Waals surface area contributed by atoms with Gasteiger partial charge in [-0.1, -0.05) is 11.6 Å². The van der Waals surface area contributed by atoms with Crippen LogP contribution in [0.4, 0.5) is 0 Å². The molecule has 4 heteroatoms. The van der Waals surface area contributed by atoms with Crippen molar-refractivity contribution < 1.29 is 4.74 Å². The number of hydrogen-bond acceptors (Lipinski definition) is 2. The first kappa shape index (κ1) is 11.5. The lowest BCUT2D eigenvalue weighted by Crippen LogP contribution is -2.22. The number of imidazole rings is 1. The van der Waals surface area contributed by atoms with Crippen LogP contribution in [0.5, 0.6) is 0 Å². The Morgan fingerprint density at radius 2 is 2.06 bits per heavy atom. The molecule has 1 aromatic rings. The van der Waals surface area contributed by atoms with E-state index in [-0.39, 0.29) is 0 Å².